The molecule has 0 saturated heterocycles. The molecule has 0 unspecified atom stereocenters. The van der Waals surface area contributed by atoms with E-state index in [1.165, 1.54) is 11.3 Å². The Labute approximate surface area is 103 Å². The van der Waals surface area contributed by atoms with Crippen LogP contribution in [0.2, 0.25) is 0 Å². The molecule has 0 aromatic carbocycles. The van der Waals surface area contributed by atoms with Crippen LogP contribution in [-0.2, 0) is 6.42 Å². The molecule has 0 fully saturated rings. The summed E-state index contributed by atoms with van der Waals surface area (Å²) in [5.41, 5.74) is 1.53. The third-order valence-electron chi connectivity index (χ3n) is 2.29. The summed E-state index contributed by atoms with van der Waals surface area (Å²) < 4.78 is 0. The first-order valence-electron chi connectivity index (χ1n) is 5.35. The van der Waals surface area contributed by atoms with Crippen LogP contribution in [0.1, 0.15) is 28.7 Å². The highest BCUT2D eigenvalue weighted by Crippen LogP contribution is 2.28. The van der Waals surface area contributed by atoms with Gasteiger partial charge >= 0.3 is 5.97 Å². The fourth-order valence-corrected chi connectivity index (χ4v) is 2.48. The van der Waals surface area contributed by atoms with Gasteiger partial charge in [-0.05, 0) is 18.6 Å². The number of carbonyl (C=O) groups is 1. The van der Waals surface area contributed by atoms with Gasteiger partial charge in [0.1, 0.15) is 9.88 Å². The van der Waals surface area contributed by atoms with Crippen molar-refractivity contribution >= 4 is 17.3 Å². The molecule has 0 aliphatic heterocycles. The molecule has 88 valence electrons. The topological polar surface area (TPSA) is 63.1 Å². The molecule has 0 saturated carbocycles. The van der Waals surface area contributed by atoms with Crippen molar-refractivity contribution in [3.8, 4) is 10.6 Å². The summed E-state index contributed by atoms with van der Waals surface area (Å²) in [5.74, 6) is -0.902. The number of carboxylic acid groups (broad SMARTS) is 1. The summed E-state index contributed by atoms with van der Waals surface area (Å²) >= 11 is 1.21. The van der Waals surface area contributed by atoms with Crippen LogP contribution in [0.25, 0.3) is 10.6 Å². The van der Waals surface area contributed by atoms with Gasteiger partial charge in [-0.25, -0.2) is 9.78 Å². The molecule has 2 rings (SSSR count). The van der Waals surface area contributed by atoms with Crippen LogP contribution in [0.5, 0.6) is 0 Å². The Morgan fingerprint density at radius 1 is 1.53 bits per heavy atom. The molecule has 0 aliphatic carbocycles. The smallest absolute Gasteiger partial charge is 0.347 e. The average molecular weight is 248 g/mol. The molecule has 2 aromatic rings. The Kier molecular flexibility index (Phi) is 3.49. The van der Waals surface area contributed by atoms with Gasteiger partial charge in [0.25, 0.3) is 0 Å². The molecular weight excluding hydrogens is 236 g/mol. The van der Waals surface area contributed by atoms with Gasteiger partial charge in [0.2, 0.25) is 0 Å². The fraction of sp³-hybridized carbons (Fsp3) is 0.250. The number of hydrogen-bond acceptors (Lipinski definition) is 4. The first-order valence-corrected chi connectivity index (χ1v) is 6.17. The Morgan fingerprint density at radius 3 is 2.94 bits per heavy atom. The lowest BCUT2D eigenvalue weighted by molar-refractivity contribution is 0.0700. The lowest BCUT2D eigenvalue weighted by Gasteiger charge is -1.93. The van der Waals surface area contributed by atoms with E-state index in [1.807, 2.05) is 19.1 Å². The molecule has 2 heterocycles. The molecule has 1 N–H and O–H groups in total. The quantitative estimate of drug-likeness (QED) is 0.903. The third kappa shape index (κ3) is 2.50. The van der Waals surface area contributed by atoms with Gasteiger partial charge in [-0.1, -0.05) is 13.3 Å². The summed E-state index contributed by atoms with van der Waals surface area (Å²) in [6.07, 6.45) is 4.96. The second-order valence-corrected chi connectivity index (χ2v) is 4.59. The molecule has 0 spiro atoms. The standard InChI is InChI=1S/C12H12N2O2S/c1-2-4-9-10(12(15)16)17-11(14-9)8-5-3-6-13-7-8/h3,5-7H,2,4H2,1H3,(H,15,16). The van der Waals surface area contributed by atoms with E-state index in [9.17, 15) is 4.79 Å². The number of rotatable bonds is 4. The number of nitrogens with zero attached hydrogens (tertiary/aromatic N) is 2. The number of aryl methyl sites for hydroxylation is 1. The van der Waals surface area contributed by atoms with Crippen molar-refractivity contribution in [3.63, 3.8) is 0 Å². The van der Waals surface area contributed by atoms with Gasteiger partial charge in [0, 0.05) is 18.0 Å². The molecule has 0 atom stereocenters. The predicted octanol–water partition coefficient (Wildman–Crippen LogP) is 2.86. The van der Waals surface area contributed by atoms with Crippen molar-refractivity contribution in [2.24, 2.45) is 0 Å². The number of pyridine rings is 1. The Hall–Kier alpha value is -1.75. The van der Waals surface area contributed by atoms with Crippen molar-refractivity contribution < 1.29 is 9.90 Å². The Bertz CT molecular complexity index is 523. The molecule has 0 radical (unpaired) electrons. The summed E-state index contributed by atoms with van der Waals surface area (Å²) in [6.45, 7) is 2.01. The van der Waals surface area contributed by atoms with E-state index in [0.717, 1.165) is 17.0 Å². The van der Waals surface area contributed by atoms with E-state index < -0.39 is 5.97 Å². The van der Waals surface area contributed by atoms with Crippen molar-refractivity contribution in [3.05, 3.63) is 35.1 Å². The summed E-state index contributed by atoms with van der Waals surface area (Å²) in [5, 5.41) is 9.83. The van der Waals surface area contributed by atoms with Crippen LogP contribution in [0.3, 0.4) is 0 Å². The van der Waals surface area contributed by atoms with E-state index in [-0.39, 0.29) is 0 Å². The van der Waals surface area contributed by atoms with Crippen molar-refractivity contribution in [2.45, 2.75) is 19.8 Å². The Balaban J connectivity index is 2.44. The van der Waals surface area contributed by atoms with Gasteiger partial charge in [0.05, 0.1) is 5.69 Å². The van der Waals surface area contributed by atoms with Crippen LogP contribution >= 0.6 is 11.3 Å². The van der Waals surface area contributed by atoms with E-state index in [4.69, 9.17) is 5.11 Å². The van der Waals surface area contributed by atoms with Gasteiger partial charge in [-0.3, -0.25) is 4.98 Å². The van der Waals surface area contributed by atoms with Gasteiger partial charge in [-0.2, -0.15) is 0 Å². The molecule has 5 heteroatoms. The highest BCUT2D eigenvalue weighted by Gasteiger charge is 2.17. The molecule has 0 aliphatic rings. The maximum Gasteiger partial charge on any atom is 0.347 e. The number of aromatic nitrogens is 2. The van der Waals surface area contributed by atoms with Crippen molar-refractivity contribution in [1.29, 1.82) is 0 Å². The minimum atomic E-state index is -0.902. The molecule has 0 bridgehead atoms. The van der Waals surface area contributed by atoms with E-state index in [0.29, 0.717) is 17.0 Å². The fourth-order valence-electron chi connectivity index (χ4n) is 1.54. The first-order chi connectivity index (χ1) is 8.22. The molecular formula is C12H12N2O2S. The van der Waals surface area contributed by atoms with Crippen molar-refractivity contribution in [2.75, 3.05) is 0 Å². The van der Waals surface area contributed by atoms with Crippen LogP contribution in [-0.4, -0.2) is 21.0 Å². The number of thiazole rings is 1. The van der Waals surface area contributed by atoms with Crippen LogP contribution in [0.4, 0.5) is 0 Å². The second kappa shape index (κ2) is 5.05. The number of aromatic carboxylic acids is 1. The van der Waals surface area contributed by atoms with Crippen molar-refractivity contribution in [1.82, 2.24) is 9.97 Å². The highest BCUT2D eigenvalue weighted by atomic mass is 32.1. The molecule has 2 aromatic heterocycles. The zero-order valence-electron chi connectivity index (χ0n) is 9.38. The third-order valence-corrected chi connectivity index (χ3v) is 3.42. The zero-order valence-corrected chi connectivity index (χ0v) is 10.2. The maximum absolute atomic E-state index is 11.1. The monoisotopic (exact) mass is 248 g/mol. The van der Waals surface area contributed by atoms with Gasteiger partial charge in [-0.15, -0.1) is 11.3 Å². The normalized spacial score (nSPS) is 10.4. The lowest BCUT2D eigenvalue weighted by Crippen LogP contribution is -1.98. The maximum atomic E-state index is 11.1. The Morgan fingerprint density at radius 2 is 2.35 bits per heavy atom. The summed E-state index contributed by atoms with van der Waals surface area (Å²) in [7, 11) is 0. The second-order valence-electron chi connectivity index (χ2n) is 3.59. The van der Waals surface area contributed by atoms with E-state index in [1.54, 1.807) is 12.4 Å². The minimum Gasteiger partial charge on any atom is -0.477 e. The molecule has 0 amide bonds. The first kappa shape index (κ1) is 11.7. The molecule has 17 heavy (non-hydrogen) atoms. The largest absolute Gasteiger partial charge is 0.477 e. The van der Waals surface area contributed by atoms with E-state index >= 15 is 0 Å². The molecule has 4 nitrogen and oxygen atoms in total. The number of hydrogen-bond donors (Lipinski definition) is 1. The minimum absolute atomic E-state index is 0.339. The summed E-state index contributed by atoms with van der Waals surface area (Å²) in [6, 6.07) is 3.70. The van der Waals surface area contributed by atoms with Crippen LogP contribution in [0.15, 0.2) is 24.5 Å². The van der Waals surface area contributed by atoms with Gasteiger partial charge in [0.15, 0.2) is 0 Å². The van der Waals surface area contributed by atoms with Crippen LogP contribution in [0, 0.1) is 0 Å². The number of carboxylic acids is 1. The van der Waals surface area contributed by atoms with Crippen LogP contribution < -0.4 is 0 Å². The summed E-state index contributed by atoms with van der Waals surface area (Å²) in [4.78, 5) is 19.8. The zero-order chi connectivity index (χ0) is 12.3. The van der Waals surface area contributed by atoms with Gasteiger partial charge < -0.3 is 5.11 Å². The SMILES string of the molecule is CCCc1nc(-c2cccnc2)sc1C(=O)O. The predicted molar refractivity (Wildman–Crippen MR) is 66.3 cm³/mol. The van der Waals surface area contributed by atoms with E-state index in [2.05, 4.69) is 9.97 Å². The lowest BCUT2D eigenvalue weighted by atomic mass is 10.2. The highest BCUT2D eigenvalue weighted by molar-refractivity contribution is 7.17. The average Bonchev–Trinajstić information content (AvgIpc) is 2.75.